The summed E-state index contributed by atoms with van der Waals surface area (Å²) in [5.41, 5.74) is -0.725. The van der Waals surface area contributed by atoms with Gasteiger partial charge >= 0.3 is 17.8 Å². The number of halogens is 4. The number of carbonyl (C=O) groups is 1. The zero-order valence-corrected chi connectivity index (χ0v) is 10.4. The lowest BCUT2D eigenvalue weighted by Gasteiger charge is -2.23. The molecule has 0 aromatic rings. The number of hydrogen-bond acceptors (Lipinski definition) is 2. The third-order valence-electron chi connectivity index (χ3n) is 2.12. The molecular weight excluding hydrogens is 240 g/mol. The van der Waals surface area contributed by atoms with E-state index in [9.17, 15) is 22.4 Å². The molecule has 6 heteroatoms. The Kier molecular flexibility index (Phi) is 4.98. The average molecular weight is 258 g/mol. The first-order valence-electron chi connectivity index (χ1n) is 5.31. The Bertz CT molecular complexity index is 264. The molecule has 0 saturated carbocycles. The number of alkyl halides is 4. The summed E-state index contributed by atoms with van der Waals surface area (Å²) in [5.74, 6) is -8.66. The van der Waals surface area contributed by atoms with Crippen LogP contribution in [0.1, 0.15) is 40.5 Å². The maximum Gasteiger partial charge on any atom is 0.311 e. The van der Waals surface area contributed by atoms with Gasteiger partial charge in [0, 0.05) is 13.3 Å². The van der Waals surface area contributed by atoms with Gasteiger partial charge in [-0.25, -0.2) is 8.78 Å². The molecule has 0 heterocycles. The van der Waals surface area contributed by atoms with Gasteiger partial charge in [0.05, 0.1) is 12.0 Å². The molecule has 0 fully saturated rings. The summed E-state index contributed by atoms with van der Waals surface area (Å²) in [7, 11) is 0. The molecule has 0 radical (unpaired) electrons. The van der Waals surface area contributed by atoms with Crippen molar-refractivity contribution in [3.05, 3.63) is 0 Å². The van der Waals surface area contributed by atoms with Crippen LogP contribution >= 0.6 is 0 Å². The van der Waals surface area contributed by atoms with Gasteiger partial charge in [0.2, 0.25) is 0 Å². The molecule has 0 aromatic carbocycles. The lowest BCUT2D eigenvalue weighted by Crippen LogP contribution is -2.37. The van der Waals surface area contributed by atoms with E-state index < -0.39 is 29.7 Å². The largest absolute Gasteiger partial charge is 0.465 e. The highest BCUT2D eigenvalue weighted by molar-refractivity contribution is 5.75. The highest BCUT2D eigenvalue weighted by Crippen LogP contribution is 2.37. The van der Waals surface area contributed by atoms with Crippen LogP contribution in [0, 0.1) is 5.41 Å². The van der Waals surface area contributed by atoms with E-state index in [0.717, 1.165) is 0 Å². The smallest absolute Gasteiger partial charge is 0.311 e. The number of hydrogen-bond donors (Lipinski definition) is 0. The summed E-state index contributed by atoms with van der Waals surface area (Å²) in [6.07, 6.45) is -1.30. The fourth-order valence-corrected chi connectivity index (χ4v) is 0.895. The molecule has 0 N–H and O–H groups in total. The van der Waals surface area contributed by atoms with E-state index in [1.165, 1.54) is 0 Å². The van der Waals surface area contributed by atoms with Crippen molar-refractivity contribution in [3.63, 3.8) is 0 Å². The fraction of sp³-hybridized carbons (Fsp3) is 0.909. The van der Waals surface area contributed by atoms with Crippen LogP contribution in [0.3, 0.4) is 0 Å². The summed E-state index contributed by atoms with van der Waals surface area (Å²) < 4.78 is 55.1. The topological polar surface area (TPSA) is 26.3 Å². The zero-order valence-electron chi connectivity index (χ0n) is 10.4. The first-order chi connectivity index (χ1) is 7.38. The zero-order chi connectivity index (χ0) is 13.9. The SMILES string of the molecule is CC(C)(C)C(=O)OCCCC(F)(F)C(C)(F)F. The van der Waals surface area contributed by atoms with E-state index in [4.69, 9.17) is 4.74 Å². The Morgan fingerprint density at radius 1 is 1.06 bits per heavy atom. The molecule has 0 unspecified atom stereocenters. The van der Waals surface area contributed by atoms with Crippen molar-refractivity contribution in [1.29, 1.82) is 0 Å². The Morgan fingerprint density at radius 2 is 1.53 bits per heavy atom. The highest BCUT2D eigenvalue weighted by Gasteiger charge is 2.51. The minimum absolute atomic E-state index is 0.175. The average Bonchev–Trinajstić information content (AvgIpc) is 2.08. The molecule has 102 valence electrons. The lowest BCUT2D eigenvalue weighted by molar-refractivity contribution is -0.202. The van der Waals surface area contributed by atoms with Crippen LogP contribution in [0.2, 0.25) is 0 Å². The molecule has 0 spiro atoms. The summed E-state index contributed by atoms with van der Waals surface area (Å²) >= 11 is 0. The van der Waals surface area contributed by atoms with E-state index in [2.05, 4.69) is 0 Å². The summed E-state index contributed by atoms with van der Waals surface area (Å²) in [6, 6.07) is 0. The molecule has 0 atom stereocenters. The van der Waals surface area contributed by atoms with Crippen molar-refractivity contribution in [2.45, 2.75) is 52.4 Å². The van der Waals surface area contributed by atoms with Gasteiger partial charge in [-0.1, -0.05) is 0 Å². The molecule has 0 aliphatic carbocycles. The van der Waals surface area contributed by atoms with Gasteiger partial charge in [0.1, 0.15) is 0 Å². The van der Waals surface area contributed by atoms with Gasteiger partial charge < -0.3 is 4.74 Å². The third-order valence-corrected chi connectivity index (χ3v) is 2.12. The van der Waals surface area contributed by atoms with Crippen LogP contribution < -0.4 is 0 Å². The normalized spacial score (nSPS) is 13.6. The standard InChI is InChI=1S/C11H18F4O2/c1-9(2,3)8(16)17-7-5-6-11(14,15)10(4,12)13/h5-7H2,1-4H3. The summed E-state index contributed by atoms with van der Waals surface area (Å²) in [6.45, 7) is 4.74. The van der Waals surface area contributed by atoms with Crippen LogP contribution in [0.15, 0.2) is 0 Å². The Morgan fingerprint density at radius 3 is 1.88 bits per heavy atom. The van der Waals surface area contributed by atoms with Crippen LogP contribution in [-0.4, -0.2) is 24.4 Å². The lowest BCUT2D eigenvalue weighted by atomic mass is 9.97. The monoisotopic (exact) mass is 258 g/mol. The van der Waals surface area contributed by atoms with Crippen molar-refractivity contribution < 1.29 is 27.1 Å². The first-order valence-corrected chi connectivity index (χ1v) is 5.31. The van der Waals surface area contributed by atoms with Crippen molar-refractivity contribution >= 4 is 5.97 Å². The maximum atomic E-state index is 12.8. The molecule has 0 aliphatic rings. The van der Waals surface area contributed by atoms with Gasteiger partial charge in [-0.2, -0.15) is 8.78 Å². The van der Waals surface area contributed by atoms with Gasteiger partial charge in [0.25, 0.3) is 0 Å². The molecule has 0 rings (SSSR count). The number of ether oxygens (including phenoxy) is 1. The van der Waals surface area contributed by atoms with E-state index >= 15 is 0 Å². The van der Waals surface area contributed by atoms with Gasteiger partial charge in [0.15, 0.2) is 0 Å². The molecular formula is C11H18F4O2. The third kappa shape index (κ3) is 5.37. The predicted octanol–water partition coefficient (Wildman–Crippen LogP) is 3.65. The van der Waals surface area contributed by atoms with Crippen molar-refractivity contribution in [3.8, 4) is 0 Å². The van der Waals surface area contributed by atoms with Gasteiger partial charge in [-0.15, -0.1) is 0 Å². The predicted molar refractivity (Wildman–Crippen MR) is 55.2 cm³/mol. The van der Waals surface area contributed by atoms with Crippen LogP contribution in [0.25, 0.3) is 0 Å². The van der Waals surface area contributed by atoms with E-state index in [1.807, 2.05) is 0 Å². The van der Waals surface area contributed by atoms with Crippen LogP contribution in [0.4, 0.5) is 17.6 Å². The molecule has 0 aliphatic heterocycles. The van der Waals surface area contributed by atoms with Crippen molar-refractivity contribution in [2.75, 3.05) is 6.61 Å². The van der Waals surface area contributed by atoms with E-state index in [-0.39, 0.29) is 20.0 Å². The van der Waals surface area contributed by atoms with Crippen LogP contribution in [-0.2, 0) is 9.53 Å². The van der Waals surface area contributed by atoms with Crippen molar-refractivity contribution in [2.24, 2.45) is 5.41 Å². The van der Waals surface area contributed by atoms with Crippen molar-refractivity contribution in [1.82, 2.24) is 0 Å². The van der Waals surface area contributed by atoms with E-state index in [0.29, 0.717) is 0 Å². The molecule has 0 bridgehead atoms. The minimum Gasteiger partial charge on any atom is -0.465 e. The number of carbonyl (C=O) groups excluding carboxylic acids is 1. The molecule has 0 amide bonds. The summed E-state index contributed by atoms with van der Waals surface area (Å²) in [4.78, 5) is 11.2. The Balaban J connectivity index is 3.99. The maximum absolute atomic E-state index is 12.8. The fourth-order valence-electron chi connectivity index (χ4n) is 0.895. The van der Waals surface area contributed by atoms with Gasteiger partial charge in [-0.05, 0) is 27.2 Å². The van der Waals surface area contributed by atoms with Gasteiger partial charge in [-0.3, -0.25) is 4.79 Å². The van der Waals surface area contributed by atoms with E-state index in [1.54, 1.807) is 20.8 Å². The summed E-state index contributed by atoms with van der Waals surface area (Å²) in [5, 5.41) is 0. The first kappa shape index (κ1) is 16.2. The highest BCUT2D eigenvalue weighted by atomic mass is 19.3. The molecule has 0 saturated heterocycles. The Labute approximate surface area is 98.3 Å². The minimum atomic E-state index is -4.07. The quantitative estimate of drug-likeness (QED) is 0.427. The number of rotatable bonds is 5. The second-order valence-corrected chi connectivity index (χ2v) is 5.08. The number of esters is 1. The molecule has 0 aromatic heterocycles. The second kappa shape index (κ2) is 5.23. The van der Waals surface area contributed by atoms with Crippen LogP contribution in [0.5, 0.6) is 0 Å². The second-order valence-electron chi connectivity index (χ2n) is 5.08. The molecule has 2 nitrogen and oxygen atoms in total. The molecule has 17 heavy (non-hydrogen) atoms. The Hall–Kier alpha value is -0.810.